The van der Waals surface area contributed by atoms with E-state index in [1.54, 1.807) is 0 Å². The van der Waals surface area contributed by atoms with E-state index in [-0.39, 0.29) is 11.8 Å². The number of allylic oxidation sites excluding steroid dienone is 1. The van der Waals surface area contributed by atoms with Crippen molar-refractivity contribution >= 4 is 23.1 Å². The molecule has 5 heteroatoms. The monoisotopic (exact) mass is 428 g/mol. The van der Waals surface area contributed by atoms with Crippen LogP contribution in [0.4, 0.5) is 0 Å². The molecule has 0 fully saturated rings. The number of nitrogens with one attached hydrogen (secondary N) is 1. The van der Waals surface area contributed by atoms with Crippen LogP contribution in [0.2, 0.25) is 0 Å². The zero-order valence-electron chi connectivity index (χ0n) is 17.5. The molecule has 3 aromatic rings. The van der Waals surface area contributed by atoms with Gasteiger partial charge in [0.05, 0.1) is 6.04 Å². The van der Waals surface area contributed by atoms with Crippen LogP contribution in [0.3, 0.4) is 0 Å². The van der Waals surface area contributed by atoms with Gasteiger partial charge in [-0.05, 0) is 42.4 Å². The summed E-state index contributed by atoms with van der Waals surface area (Å²) in [6, 6.07) is 26.9. The molecule has 156 valence electrons. The fraction of sp³-hybridized carbons (Fsp3) is 0.154. The van der Waals surface area contributed by atoms with Crippen LogP contribution < -0.4 is 10.1 Å². The lowest BCUT2D eigenvalue weighted by atomic mass is 9.89. The van der Waals surface area contributed by atoms with Gasteiger partial charge in [0.2, 0.25) is 0 Å². The molecule has 0 amide bonds. The number of ketones is 1. The van der Waals surface area contributed by atoms with Gasteiger partial charge in [-0.3, -0.25) is 4.79 Å². The average molecular weight is 429 g/mol. The number of thiocarbonyl (C=S) groups is 1. The Balaban J connectivity index is 1.60. The van der Waals surface area contributed by atoms with Gasteiger partial charge in [-0.25, -0.2) is 0 Å². The number of carbonyl (C=O) groups excluding carboxylic acids is 1. The molecular formula is C26H24N2O2S. The molecule has 1 aliphatic rings. The summed E-state index contributed by atoms with van der Waals surface area (Å²) >= 11 is 5.50. The van der Waals surface area contributed by atoms with Crippen molar-refractivity contribution in [2.75, 3.05) is 7.05 Å². The molecule has 0 aliphatic carbocycles. The van der Waals surface area contributed by atoms with Crippen LogP contribution in [-0.4, -0.2) is 22.8 Å². The smallest absolute Gasteiger partial charge is 0.193 e. The zero-order chi connectivity index (χ0) is 21.8. The zero-order valence-corrected chi connectivity index (χ0v) is 18.4. The van der Waals surface area contributed by atoms with E-state index in [0.29, 0.717) is 22.9 Å². The summed E-state index contributed by atoms with van der Waals surface area (Å²) in [5.74, 6) is 0.772. The molecule has 1 aliphatic heterocycles. The normalized spacial score (nSPS) is 16.1. The van der Waals surface area contributed by atoms with E-state index in [1.165, 1.54) is 0 Å². The molecule has 1 unspecified atom stereocenters. The third-order valence-corrected chi connectivity index (χ3v) is 5.89. The molecule has 0 saturated heterocycles. The fourth-order valence-electron chi connectivity index (χ4n) is 3.62. The number of carbonyl (C=O) groups is 1. The highest BCUT2D eigenvalue weighted by molar-refractivity contribution is 7.80. The second-order valence-corrected chi connectivity index (χ2v) is 7.87. The minimum absolute atomic E-state index is 0.00523. The Kier molecular flexibility index (Phi) is 6.14. The number of rotatable bonds is 6. The van der Waals surface area contributed by atoms with Crippen LogP contribution in [0.5, 0.6) is 5.75 Å². The molecule has 0 spiro atoms. The summed E-state index contributed by atoms with van der Waals surface area (Å²) in [5.41, 5.74) is 4.28. The van der Waals surface area contributed by atoms with Gasteiger partial charge in [-0.1, -0.05) is 72.8 Å². The third kappa shape index (κ3) is 4.52. The Morgan fingerprint density at radius 3 is 2.23 bits per heavy atom. The van der Waals surface area contributed by atoms with Crippen molar-refractivity contribution < 1.29 is 9.53 Å². The summed E-state index contributed by atoms with van der Waals surface area (Å²) in [4.78, 5) is 15.2. The number of hydrogen-bond acceptors (Lipinski definition) is 3. The lowest BCUT2D eigenvalue weighted by Gasteiger charge is -2.36. The predicted octanol–water partition coefficient (Wildman–Crippen LogP) is 5.28. The van der Waals surface area contributed by atoms with Crippen molar-refractivity contribution in [3.63, 3.8) is 0 Å². The highest BCUT2D eigenvalue weighted by atomic mass is 32.1. The van der Waals surface area contributed by atoms with Gasteiger partial charge >= 0.3 is 0 Å². The summed E-state index contributed by atoms with van der Waals surface area (Å²) in [6.07, 6.45) is 0. The molecule has 0 radical (unpaired) electrons. The SMILES string of the molecule is CC1=C(C(=O)c2ccccc2)C(c2ccc(OCc3ccccc3)cc2)NC(=S)N1C. The molecule has 31 heavy (non-hydrogen) atoms. The first-order chi connectivity index (χ1) is 15.0. The summed E-state index contributed by atoms with van der Waals surface area (Å²) < 4.78 is 5.90. The predicted molar refractivity (Wildman–Crippen MR) is 127 cm³/mol. The first-order valence-corrected chi connectivity index (χ1v) is 10.6. The molecule has 4 rings (SSSR count). The van der Waals surface area contributed by atoms with Crippen LogP contribution in [0.1, 0.15) is 34.5 Å². The van der Waals surface area contributed by atoms with Crippen molar-refractivity contribution in [3.8, 4) is 5.75 Å². The molecule has 1 atom stereocenters. The molecule has 1 N–H and O–H groups in total. The average Bonchev–Trinajstić information content (AvgIpc) is 2.82. The van der Waals surface area contributed by atoms with Crippen molar-refractivity contribution in [1.82, 2.24) is 10.2 Å². The van der Waals surface area contributed by atoms with E-state index >= 15 is 0 Å². The van der Waals surface area contributed by atoms with Gasteiger partial charge in [-0.15, -0.1) is 0 Å². The van der Waals surface area contributed by atoms with E-state index in [4.69, 9.17) is 17.0 Å². The number of benzene rings is 3. The summed E-state index contributed by atoms with van der Waals surface area (Å²) in [6.45, 7) is 2.45. The van der Waals surface area contributed by atoms with Gasteiger partial charge in [-0.2, -0.15) is 0 Å². The maximum absolute atomic E-state index is 13.4. The van der Waals surface area contributed by atoms with E-state index in [2.05, 4.69) is 5.32 Å². The Hall–Kier alpha value is -3.44. The highest BCUT2D eigenvalue weighted by Gasteiger charge is 2.32. The highest BCUT2D eigenvalue weighted by Crippen LogP contribution is 2.33. The second kappa shape index (κ2) is 9.14. The van der Waals surface area contributed by atoms with Gasteiger partial charge in [0.25, 0.3) is 0 Å². The topological polar surface area (TPSA) is 41.6 Å². The molecule has 4 nitrogen and oxygen atoms in total. The summed E-state index contributed by atoms with van der Waals surface area (Å²) in [7, 11) is 1.87. The first-order valence-electron chi connectivity index (χ1n) is 10.2. The van der Waals surface area contributed by atoms with E-state index < -0.39 is 0 Å². The molecule has 0 saturated carbocycles. The number of Topliss-reactive ketones (excluding diaryl/α,β-unsaturated/α-hetero) is 1. The quantitative estimate of drug-likeness (QED) is 0.427. The van der Waals surface area contributed by atoms with Crippen LogP contribution >= 0.6 is 12.2 Å². The maximum atomic E-state index is 13.4. The lowest BCUT2D eigenvalue weighted by Crippen LogP contribution is -2.45. The van der Waals surface area contributed by atoms with Gasteiger partial charge in [0.15, 0.2) is 10.9 Å². The minimum atomic E-state index is -0.320. The van der Waals surface area contributed by atoms with Gasteiger partial charge in [0.1, 0.15) is 12.4 Å². The van der Waals surface area contributed by atoms with Gasteiger partial charge in [0, 0.05) is 23.9 Å². The van der Waals surface area contributed by atoms with Crippen LogP contribution in [-0.2, 0) is 6.61 Å². The van der Waals surface area contributed by atoms with E-state index in [9.17, 15) is 4.79 Å². The molecule has 3 aromatic carbocycles. The fourth-order valence-corrected chi connectivity index (χ4v) is 3.88. The van der Waals surface area contributed by atoms with Crippen molar-refractivity contribution in [2.24, 2.45) is 0 Å². The number of ether oxygens (including phenoxy) is 1. The van der Waals surface area contributed by atoms with Crippen molar-refractivity contribution in [1.29, 1.82) is 0 Å². The first kappa shape index (κ1) is 20.8. The Labute approximate surface area is 188 Å². The largest absolute Gasteiger partial charge is 0.489 e. The van der Waals surface area contributed by atoms with Crippen LogP contribution in [0, 0.1) is 0 Å². The Morgan fingerprint density at radius 1 is 0.968 bits per heavy atom. The number of nitrogens with zero attached hydrogens (tertiary/aromatic N) is 1. The Morgan fingerprint density at radius 2 is 1.58 bits per heavy atom. The van der Waals surface area contributed by atoms with Gasteiger partial charge < -0.3 is 15.0 Å². The lowest BCUT2D eigenvalue weighted by molar-refractivity contribution is 0.102. The molecule has 0 aromatic heterocycles. The number of hydrogen-bond donors (Lipinski definition) is 1. The van der Waals surface area contributed by atoms with Crippen LogP contribution in [0.25, 0.3) is 0 Å². The van der Waals surface area contributed by atoms with E-state index in [1.807, 2.05) is 104 Å². The maximum Gasteiger partial charge on any atom is 0.193 e. The summed E-state index contributed by atoms with van der Waals surface area (Å²) in [5, 5.41) is 3.92. The Bertz CT molecular complexity index is 1110. The molecule has 0 bridgehead atoms. The standard InChI is InChI=1S/C26H24N2O2S/c1-18-23(25(29)21-11-7-4-8-12-21)24(27-26(31)28(18)2)20-13-15-22(16-14-20)30-17-19-9-5-3-6-10-19/h3-16,24H,17H2,1-2H3,(H,27,31). The minimum Gasteiger partial charge on any atom is -0.489 e. The third-order valence-electron chi connectivity index (χ3n) is 5.50. The van der Waals surface area contributed by atoms with Crippen LogP contribution in [0.15, 0.2) is 96.2 Å². The van der Waals surface area contributed by atoms with E-state index in [0.717, 1.165) is 22.6 Å². The molecule has 1 heterocycles. The second-order valence-electron chi connectivity index (χ2n) is 7.48. The van der Waals surface area contributed by atoms with Crippen molar-refractivity contribution in [2.45, 2.75) is 19.6 Å². The van der Waals surface area contributed by atoms with Crippen molar-refractivity contribution in [3.05, 3.63) is 113 Å². The molecular weight excluding hydrogens is 404 g/mol.